The molecule has 0 radical (unpaired) electrons. The summed E-state index contributed by atoms with van der Waals surface area (Å²) in [5.41, 5.74) is 1.62. The van der Waals surface area contributed by atoms with Gasteiger partial charge in [0.15, 0.2) is 11.5 Å². The number of nitrogens with zero attached hydrogens (tertiary/aromatic N) is 2. The number of aliphatic carboxylic acids is 2. The number of rotatable bonds is 7. The van der Waals surface area contributed by atoms with E-state index >= 15 is 0 Å². The maximum absolute atomic E-state index is 13.1. The smallest absolute Gasteiger partial charge is 0.414 e. The number of amides is 1. The maximum Gasteiger partial charge on any atom is 0.414 e. The van der Waals surface area contributed by atoms with Gasteiger partial charge in [-0.2, -0.15) is 0 Å². The van der Waals surface area contributed by atoms with Crippen LogP contribution in [-0.2, 0) is 16.1 Å². The molecule has 0 aromatic heterocycles. The molecule has 0 unspecified atom stereocenters. The van der Waals surface area contributed by atoms with E-state index in [0.29, 0.717) is 30.2 Å². The monoisotopic (exact) mass is 490 g/mol. The van der Waals surface area contributed by atoms with Gasteiger partial charge in [0, 0.05) is 32.7 Å². The normalized spacial score (nSPS) is 13.2. The van der Waals surface area contributed by atoms with Crippen LogP contribution in [0.15, 0.2) is 36.4 Å². The van der Waals surface area contributed by atoms with Gasteiger partial charge >= 0.3 is 11.9 Å². The standard InChI is InChI=1S/C22H28N2O5.C2H2O4/c1-26-17-9-8-16(14-20(17)29-4)15-23-10-12-24(13-11-23)22(25)21-18(27-2)6-5-7-19(21)28-3;3-1(4)2(5)6/h5-9,14H,10-13,15H2,1-4H3;(H,3,4)(H,5,6). The Morgan fingerprint density at radius 3 is 1.71 bits per heavy atom. The number of benzene rings is 2. The summed E-state index contributed by atoms with van der Waals surface area (Å²) in [5, 5.41) is 14.8. The summed E-state index contributed by atoms with van der Waals surface area (Å²) in [4.78, 5) is 35.5. The SMILES string of the molecule is COc1ccc(CN2CCN(C(=O)c3c(OC)cccc3OC)CC2)cc1OC.O=C(O)C(=O)O. The van der Waals surface area contributed by atoms with Gasteiger partial charge in [0.25, 0.3) is 5.91 Å². The van der Waals surface area contributed by atoms with Crippen LogP contribution < -0.4 is 18.9 Å². The number of carbonyl (C=O) groups excluding carboxylic acids is 1. The molecule has 1 fully saturated rings. The molecule has 1 amide bonds. The van der Waals surface area contributed by atoms with Crippen molar-refractivity contribution in [3.05, 3.63) is 47.5 Å². The molecule has 1 aliphatic heterocycles. The van der Waals surface area contributed by atoms with Crippen molar-refractivity contribution in [2.75, 3.05) is 54.6 Å². The average Bonchev–Trinajstić information content (AvgIpc) is 2.88. The summed E-state index contributed by atoms with van der Waals surface area (Å²) in [6, 6.07) is 11.3. The Kier molecular flexibility index (Phi) is 10.2. The highest BCUT2D eigenvalue weighted by atomic mass is 16.5. The molecule has 2 aromatic carbocycles. The van der Waals surface area contributed by atoms with E-state index < -0.39 is 11.9 Å². The van der Waals surface area contributed by atoms with E-state index in [0.717, 1.165) is 36.7 Å². The Labute approximate surface area is 203 Å². The van der Waals surface area contributed by atoms with E-state index in [1.165, 1.54) is 0 Å². The van der Waals surface area contributed by atoms with Crippen molar-refractivity contribution in [3.63, 3.8) is 0 Å². The average molecular weight is 491 g/mol. The fourth-order valence-electron chi connectivity index (χ4n) is 3.57. The van der Waals surface area contributed by atoms with E-state index in [4.69, 9.17) is 38.7 Å². The quantitative estimate of drug-likeness (QED) is 0.554. The number of carbonyl (C=O) groups is 3. The number of hydrogen-bond donors (Lipinski definition) is 2. The van der Waals surface area contributed by atoms with Crippen molar-refractivity contribution in [3.8, 4) is 23.0 Å². The van der Waals surface area contributed by atoms with E-state index in [2.05, 4.69) is 4.90 Å². The van der Waals surface area contributed by atoms with Gasteiger partial charge in [-0.15, -0.1) is 0 Å². The molecule has 0 saturated carbocycles. The predicted octanol–water partition coefficient (Wildman–Crippen LogP) is 1.83. The molecular formula is C24H30N2O9. The van der Waals surface area contributed by atoms with Crippen LogP contribution in [0.1, 0.15) is 15.9 Å². The van der Waals surface area contributed by atoms with E-state index in [9.17, 15) is 4.79 Å². The van der Waals surface area contributed by atoms with Crippen molar-refractivity contribution in [1.82, 2.24) is 9.80 Å². The molecule has 0 aliphatic carbocycles. The van der Waals surface area contributed by atoms with Crippen molar-refractivity contribution in [1.29, 1.82) is 0 Å². The van der Waals surface area contributed by atoms with E-state index in [1.54, 1.807) is 40.6 Å². The molecule has 1 heterocycles. The van der Waals surface area contributed by atoms with Crippen LogP contribution in [0.5, 0.6) is 23.0 Å². The highest BCUT2D eigenvalue weighted by Gasteiger charge is 2.27. The van der Waals surface area contributed by atoms with Crippen LogP contribution in [0, 0.1) is 0 Å². The lowest BCUT2D eigenvalue weighted by Gasteiger charge is -2.35. The molecule has 1 aliphatic rings. The van der Waals surface area contributed by atoms with Crippen molar-refractivity contribution >= 4 is 17.8 Å². The third kappa shape index (κ3) is 7.24. The third-order valence-electron chi connectivity index (χ3n) is 5.34. The lowest BCUT2D eigenvalue weighted by molar-refractivity contribution is -0.159. The zero-order chi connectivity index (χ0) is 26.0. The van der Waals surface area contributed by atoms with Crippen molar-refractivity contribution in [2.45, 2.75) is 6.54 Å². The van der Waals surface area contributed by atoms with Gasteiger partial charge < -0.3 is 34.1 Å². The fourth-order valence-corrected chi connectivity index (χ4v) is 3.57. The summed E-state index contributed by atoms with van der Waals surface area (Å²) in [7, 11) is 6.39. The highest BCUT2D eigenvalue weighted by Crippen LogP contribution is 2.30. The van der Waals surface area contributed by atoms with Gasteiger partial charge in [0.1, 0.15) is 17.1 Å². The highest BCUT2D eigenvalue weighted by molar-refractivity contribution is 6.27. The molecule has 2 aromatic rings. The number of methoxy groups -OCH3 is 4. The second-order valence-corrected chi connectivity index (χ2v) is 7.41. The molecule has 1 saturated heterocycles. The molecule has 190 valence electrons. The minimum atomic E-state index is -1.82. The minimum absolute atomic E-state index is 0.0648. The molecule has 35 heavy (non-hydrogen) atoms. The van der Waals surface area contributed by atoms with Crippen LogP contribution in [0.3, 0.4) is 0 Å². The van der Waals surface area contributed by atoms with Gasteiger partial charge in [-0.05, 0) is 29.8 Å². The lowest BCUT2D eigenvalue weighted by atomic mass is 10.1. The molecular weight excluding hydrogens is 460 g/mol. The first-order valence-corrected chi connectivity index (χ1v) is 10.6. The summed E-state index contributed by atoms with van der Waals surface area (Å²) in [5.74, 6) is -1.21. The molecule has 11 heteroatoms. The van der Waals surface area contributed by atoms with Crippen LogP contribution >= 0.6 is 0 Å². The molecule has 11 nitrogen and oxygen atoms in total. The van der Waals surface area contributed by atoms with Gasteiger partial charge in [0.2, 0.25) is 0 Å². The second kappa shape index (κ2) is 13.0. The number of hydrogen-bond acceptors (Lipinski definition) is 8. The molecule has 3 rings (SSSR count). The molecule has 0 spiro atoms. The molecule has 0 bridgehead atoms. The Balaban J connectivity index is 0.000000641. The minimum Gasteiger partial charge on any atom is -0.496 e. The Morgan fingerprint density at radius 1 is 0.743 bits per heavy atom. The van der Waals surface area contributed by atoms with Gasteiger partial charge in [-0.25, -0.2) is 9.59 Å². The Morgan fingerprint density at radius 2 is 1.26 bits per heavy atom. The first-order chi connectivity index (χ1) is 16.7. The Hall–Kier alpha value is -3.99. The lowest BCUT2D eigenvalue weighted by Crippen LogP contribution is -2.48. The third-order valence-corrected chi connectivity index (χ3v) is 5.34. The van der Waals surface area contributed by atoms with E-state index in [1.807, 2.05) is 29.2 Å². The fraction of sp³-hybridized carbons (Fsp3) is 0.375. The van der Waals surface area contributed by atoms with Crippen molar-refractivity contribution < 1.29 is 43.5 Å². The zero-order valence-electron chi connectivity index (χ0n) is 20.1. The summed E-state index contributed by atoms with van der Waals surface area (Å²) >= 11 is 0. The zero-order valence-corrected chi connectivity index (χ0v) is 20.1. The van der Waals surface area contributed by atoms with Crippen LogP contribution in [0.25, 0.3) is 0 Å². The van der Waals surface area contributed by atoms with Crippen LogP contribution in [0.2, 0.25) is 0 Å². The number of carboxylic acid groups (broad SMARTS) is 2. The first kappa shape index (κ1) is 27.3. The summed E-state index contributed by atoms with van der Waals surface area (Å²) in [6.45, 7) is 3.66. The molecule has 2 N–H and O–H groups in total. The topological polar surface area (TPSA) is 135 Å². The Bertz CT molecular complexity index is 999. The van der Waals surface area contributed by atoms with E-state index in [-0.39, 0.29) is 5.91 Å². The van der Waals surface area contributed by atoms with Crippen molar-refractivity contribution in [2.24, 2.45) is 0 Å². The summed E-state index contributed by atoms with van der Waals surface area (Å²) in [6.07, 6.45) is 0. The second-order valence-electron chi connectivity index (χ2n) is 7.41. The first-order valence-electron chi connectivity index (χ1n) is 10.6. The maximum atomic E-state index is 13.1. The number of carboxylic acids is 2. The largest absolute Gasteiger partial charge is 0.496 e. The molecule has 0 atom stereocenters. The van der Waals surface area contributed by atoms with Gasteiger partial charge in [-0.1, -0.05) is 12.1 Å². The number of ether oxygens (including phenoxy) is 4. The number of piperazine rings is 1. The predicted molar refractivity (Wildman–Crippen MR) is 126 cm³/mol. The summed E-state index contributed by atoms with van der Waals surface area (Å²) < 4.78 is 21.4. The van der Waals surface area contributed by atoms with Crippen LogP contribution in [-0.4, -0.2) is 92.5 Å². The van der Waals surface area contributed by atoms with Gasteiger partial charge in [0.05, 0.1) is 28.4 Å². The van der Waals surface area contributed by atoms with Crippen LogP contribution in [0.4, 0.5) is 0 Å². The van der Waals surface area contributed by atoms with Gasteiger partial charge in [-0.3, -0.25) is 9.69 Å².